The molecule has 1 heterocycles. The Balaban J connectivity index is 2.57. The van der Waals surface area contributed by atoms with Crippen molar-refractivity contribution < 1.29 is 9.84 Å². The quantitative estimate of drug-likeness (QED) is 0.696. The maximum atomic E-state index is 9.09. The second-order valence-electron chi connectivity index (χ2n) is 5.06. The molecule has 0 amide bonds. The van der Waals surface area contributed by atoms with Crippen LogP contribution in [0.5, 0.6) is 0 Å². The molecule has 0 spiro atoms. The van der Waals surface area contributed by atoms with Crippen LogP contribution in [-0.2, 0) is 4.74 Å². The first-order valence-corrected chi connectivity index (χ1v) is 6.80. The molecule has 4 heteroatoms. The van der Waals surface area contributed by atoms with Crippen LogP contribution < -0.4 is 0 Å². The minimum absolute atomic E-state index is 0.233. The van der Waals surface area contributed by atoms with Gasteiger partial charge in [0.15, 0.2) is 0 Å². The summed E-state index contributed by atoms with van der Waals surface area (Å²) in [4.78, 5) is 2.35. The largest absolute Gasteiger partial charge is 0.395 e. The monoisotopic (exact) mass is 247 g/mol. The van der Waals surface area contributed by atoms with Gasteiger partial charge in [0.2, 0.25) is 0 Å². The van der Waals surface area contributed by atoms with Crippen molar-refractivity contribution in [3.05, 3.63) is 0 Å². The van der Waals surface area contributed by atoms with Crippen molar-refractivity contribution >= 4 is 12.6 Å². The zero-order valence-corrected chi connectivity index (χ0v) is 11.4. The van der Waals surface area contributed by atoms with Crippen LogP contribution in [0.4, 0.5) is 0 Å². The Hall–Kier alpha value is 0.230. The molecule has 1 saturated heterocycles. The predicted molar refractivity (Wildman–Crippen MR) is 70.1 cm³/mol. The van der Waals surface area contributed by atoms with Gasteiger partial charge in [0.25, 0.3) is 0 Å². The minimum atomic E-state index is 0.233. The lowest BCUT2D eigenvalue weighted by atomic mass is 9.81. The van der Waals surface area contributed by atoms with Gasteiger partial charge in [-0.3, -0.25) is 4.90 Å². The minimum Gasteiger partial charge on any atom is -0.395 e. The van der Waals surface area contributed by atoms with Crippen LogP contribution in [0.2, 0.25) is 0 Å². The van der Waals surface area contributed by atoms with Crippen LogP contribution >= 0.6 is 12.6 Å². The number of ether oxygens (including phenoxy) is 1. The van der Waals surface area contributed by atoms with Gasteiger partial charge in [0, 0.05) is 32.3 Å². The van der Waals surface area contributed by atoms with Crippen molar-refractivity contribution in [1.29, 1.82) is 0 Å². The Bertz CT molecular complexity index is 193. The van der Waals surface area contributed by atoms with E-state index in [0.717, 1.165) is 44.9 Å². The molecule has 0 unspecified atom stereocenters. The summed E-state index contributed by atoms with van der Waals surface area (Å²) in [5.74, 6) is 0.908. The fourth-order valence-corrected chi connectivity index (χ4v) is 2.67. The van der Waals surface area contributed by atoms with Crippen molar-refractivity contribution in [3.8, 4) is 0 Å². The van der Waals surface area contributed by atoms with E-state index in [1.54, 1.807) is 0 Å². The van der Waals surface area contributed by atoms with Gasteiger partial charge in [-0.05, 0) is 37.9 Å². The molecule has 1 aliphatic heterocycles. The van der Waals surface area contributed by atoms with Gasteiger partial charge < -0.3 is 9.84 Å². The maximum Gasteiger partial charge on any atom is 0.0558 e. The molecular formula is C12H25NO2S. The second-order valence-corrected chi connectivity index (χ2v) is 5.37. The van der Waals surface area contributed by atoms with Gasteiger partial charge in [0.05, 0.1) is 6.61 Å². The molecule has 0 aromatic rings. The Labute approximate surface area is 105 Å². The number of nitrogens with zero attached hydrogens (tertiary/aromatic N) is 1. The van der Waals surface area contributed by atoms with E-state index < -0.39 is 0 Å². The van der Waals surface area contributed by atoms with Gasteiger partial charge >= 0.3 is 0 Å². The van der Waals surface area contributed by atoms with Crippen LogP contribution in [0, 0.1) is 5.41 Å². The Kier molecular flexibility index (Phi) is 6.11. The van der Waals surface area contributed by atoms with Crippen molar-refractivity contribution in [3.63, 3.8) is 0 Å². The van der Waals surface area contributed by atoms with E-state index in [-0.39, 0.29) is 12.0 Å². The molecule has 0 radical (unpaired) electrons. The fourth-order valence-electron chi connectivity index (χ4n) is 2.25. The van der Waals surface area contributed by atoms with Crippen molar-refractivity contribution in [2.24, 2.45) is 5.41 Å². The average Bonchev–Trinajstić information content (AvgIpc) is 2.29. The smallest absolute Gasteiger partial charge is 0.0558 e. The SMILES string of the molecule is CC(C)N(CCO)CC1(CS)CCOCC1. The summed E-state index contributed by atoms with van der Waals surface area (Å²) in [7, 11) is 0. The number of hydrogen-bond donors (Lipinski definition) is 2. The van der Waals surface area contributed by atoms with E-state index in [2.05, 4.69) is 31.4 Å². The third kappa shape index (κ3) is 3.91. The normalized spacial score (nSPS) is 20.6. The molecule has 0 bridgehead atoms. The van der Waals surface area contributed by atoms with Crippen molar-refractivity contribution in [2.45, 2.75) is 32.7 Å². The van der Waals surface area contributed by atoms with Crippen LogP contribution in [0.25, 0.3) is 0 Å². The summed E-state index contributed by atoms with van der Waals surface area (Å²) in [6.07, 6.45) is 2.18. The Morgan fingerprint density at radius 1 is 1.38 bits per heavy atom. The number of rotatable bonds is 6. The summed E-state index contributed by atoms with van der Waals surface area (Å²) < 4.78 is 5.43. The van der Waals surface area contributed by atoms with Gasteiger partial charge in [-0.2, -0.15) is 12.6 Å². The number of aliphatic hydroxyl groups is 1. The third-order valence-electron chi connectivity index (χ3n) is 3.54. The van der Waals surface area contributed by atoms with Crippen LogP contribution in [0.15, 0.2) is 0 Å². The summed E-state index contributed by atoms with van der Waals surface area (Å²) in [5, 5.41) is 9.09. The zero-order valence-electron chi connectivity index (χ0n) is 10.5. The molecule has 3 nitrogen and oxygen atoms in total. The highest BCUT2D eigenvalue weighted by atomic mass is 32.1. The van der Waals surface area contributed by atoms with Gasteiger partial charge in [-0.15, -0.1) is 0 Å². The highest BCUT2D eigenvalue weighted by Crippen LogP contribution is 2.33. The molecule has 96 valence electrons. The predicted octanol–water partition coefficient (Wildman–Crippen LogP) is 1.42. The van der Waals surface area contributed by atoms with Gasteiger partial charge in [-0.25, -0.2) is 0 Å². The highest BCUT2D eigenvalue weighted by molar-refractivity contribution is 7.80. The van der Waals surface area contributed by atoms with E-state index in [4.69, 9.17) is 9.84 Å². The molecule has 0 atom stereocenters. The highest BCUT2D eigenvalue weighted by Gasteiger charge is 2.33. The Morgan fingerprint density at radius 3 is 2.44 bits per heavy atom. The second kappa shape index (κ2) is 6.84. The first-order valence-electron chi connectivity index (χ1n) is 6.17. The lowest BCUT2D eigenvalue weighted by Gasteiger charge is -2.41. The summed E-state index contributed by atoms with van der Waals surface area (Å²) in [5.41, 5.74) is 0.279. The van der Waals surface area contributed by atoms with E-state index in [1.165, 1.54) is 0 Å². The summed E-state index contributed by atoms with van der Waals surface area (Å²) in [6, 6.07) is 0.478. The summed E-state index contributed by atoms with van der Waals surface area (Å²) >= 11 is 4.52. The topological polar surface area (TPSA) is 32.7 Å². The van der Waals surface area contributed by atoms with Crippen LogP contribution in [0.3, 0.4) is 0 Å². The molecule has 0 saturated carbocycles. The lowest BCUT2D eigenvalue weighted by Crippen LogP contribution is -2.46. The average molecular weight is 247 g/mol. The van der Waals surface area contributed by atoms with Crippen molar-refractivity contribution in [1.82, 2.24) is 4.90 Å². The molecule has 1 aliphatic rings. The molecular weight excluding hydrogens is 222 g/mol. The summed E-state index contributed by atoms with van der Waals surface area (Å²) in [6.45, 7) is 8.09. The van der Waals surface area contributed by atoms with Crippen molar-refractivity contribution in [2.75, 3.05) is 38.7 Å². The molecule has 0 aromatic carbocycles. The fraction of sp³-hybridized carbons (Fsp3) is 1.00. The molecule has 1 fully saturated rings. The third-order valence-corrected chi connectivity index (χ3v) is 4.22. The number of thiol groups is 1. The standard InChI is InChI=1S/C12H25NO2S/c1-11(2)13(5-6-14)9-12(10-16)3-7-15-8-4-12/h11,14,16H,3-10H2,1-2H3. The number of aliphatic hydroxyl groups excluding tert-OH is 1. The van der Waals surface area contributed by atoms with E-state index >= 15 is 0 Å². The lowest BCUT2D eigenvalue weighted by molar-refractivity contribution is -0.000221. The first kappa shape index (κ1) is 14.3. The molecule has 0 aromatic heterocycles. The van der Waals surface area contributed by atoms with Crippen LogP contribution in [-0.4, -0.2) is 54.7 Å². The van der Waals surface area contributed by atoms with Gasteiger partial charge in [0.1, 0.15) is 0 Å². The molecule has 1 rings (SSSR count). The maximum absolute atomic E-state index is 9.09. The Morgan fingerprint density at radius 2 is 2.00 bits per heavy atom. The van der Waals surface area contributed by atoms with E-state index in [1.807, 2.05) is 0 Å². The zero-order chi connectivity index (χ0) is 12.0. The van der Waals surface area contributed by atoms with Crippen LogP contribution in [0.1, 0.15) is 26.7 Å². The molecule has 16 heavy (non-hydrogen) atoms. The first-order chi connectivity index (χ1) is 7.63. The van der Waals surface area contributed by atoms with E-state index in [9.17, 15) is 0 Å². The number of hydrogen-bond acceptors (Lipinski definition) is 4. The molecule has 1 N–H and O–H groups in total. The van der Waals surface area contributed by atoms with E-state index in [0.29, 0.717) is 6.04 Å². The molecule has 0 aliphatic carbocycles. The van der Waals surface area contributed by atoms with Gasteiger partial charge in [-0.1, -0.05) is 0 Å².